The van der Waals surface area contributed by atoms with Crippen LogP contribution in [-0.4, -0.2) is 17.7 Å². The molecule has 23 heavy (non-hydrogen) atoms. The van der Waals surface area contributed by atoms with E-state index < -0.39 is 0 Å². The fraction of sp³-hybridized carbons (Fsp3) is 0.278. The third-order valence-electron chi connectivity index (χ3n) is 3.47. The van der Waals surface area contributed by atoms with Gasteiger partial charge >= 0.3 is 0 Å². The van der Waals surface area contributed by atoms with Gasteiger partial charge in [-0.1, -0.05) is 35.9 Å². The Bertz CT molecular complexity index is 611. The van der Waals surface area contributed by atoms with Gasteiger partial charge in [-0.3, -0.25) is 10.0 Å². The van der Waals surface area contributed by atoms with Crippen LogP contribution in [-0.2, 0) is 4.79 Å². The number of ether oxygens (including phenoxy) is 1. The minimum Gasteiger partial charge on any atom is -0.494 e. The highest BCUT2D eigenvalue weighted by molar-refractivity contribution is 6.30. The molecule has 1 amide bonds. The van der Waals surface area contributed by atoms with Gasteiger partial charge in [0.15, 0.2) is 0 Å². The standard InChI is InChI=1S/C18H20ClNO3/c19-16-9-5-14(6-10-16)15-7-11-17(12-8-15)23-13-3-1-2-4-18(21)20-22/h5-12,22H,1-4,13H2,(H,20,21). The molecule has 2 N–H and O–H groups in total. The van der Waals surface area contributed by atoms with Crippen LogP contribution in [0.25, 0.3) is 11.1 Å². The van der Waals surface area contributed by atoms with Gasteiger partial charge in [-0.05, 0) is 54.7 Å². The van der Waals surface area contributed by atoms with Gasteiger partial charge < -0.3 is 4.74 Å². The average molecular weight is 334 g/mol. The normalized spacial score (nSPS) is 10.3. The van der Waals surface area contributed by atoms with E-state index in [0.717, 1.165) is 41.2 Å². The number of hydrogen-bond donors (Lipinski definition) is 2. The second-order valence-electron chi connectivity index (χ2n) is 5.23. The first-order valence-corrected chi connectivity index (χ1v) is 7.98. The zero-order valence-electron chi connectivity index (χ0n) is 12.8. The highest BCUT2D eigenvalue weighted by Gasteiger charge is 2.00. The van der Waals surface area contributed by atoms with Crippen LogP contribution >= 0.6 is 11.6 Å². The van der Waals surface area contributed by atoms with E-state index in [2.05, 4.69) is 0 Å². The number of hydroxylamine groups is 1. The maximum Gasteiger partial charge on any atom is 0.243 e. The first-order chi connectivity index (χ1) is 11.2. The van der Waals surface area contributed by atoms with Crippen molar-refractivity contribution in [1.82, 2.24) is 5.48 Å². The summed E-state index contributed by atoms with van der Waals surface area (Å²) in [4.78, 5) is 10.8. The third kappa shape index (κ3) is 5.93. The van der Waals surface area contributed by atoms with Crippen LogP contribution in [0.5, 0.6) is 5.75 Å². The van der Waals surface area contributed by atoms with E-state index in [4.69, 9.17) is 21.5 Å². The molecule has 0 fully saturated rings. The Hall–Kier alpha value is -2.04. The minimum atomic E-state index is -0.344. The van der Waals surface area contributed by atoms with Crippen molar-refractivity contribution in [2.75, 3.05) is 6.61 Å². The Morgan fingerprint density at radius 3 is 2.17 bits per heavy atom. The molecule has 0 aliphatic heterocycles. The van der Waals surface area contributed by atoms with Crippen LogP contribution in [0.3, 0.4) is 0 Å². The number of rotatable bonds is 8. The van der Waals surface area contributed by atoms with E-state index >= 15 is 0 Å². The summed E-state index contributed by atoms with van der Waals surface area (Å²) in [5.74, 6) is 0.486. The molecular formula is C18H20ClNO3. The number of nitrogens with one attached hydrogen (secondary N) is 1. The molecule has 2 aromatic carbocycles. The summed E-state index contributed by atoms with van der Waals surface area (Å²) in [5.41, 5.74) is 3.85. The van der Waals surface area contributed by atoms with E-state index in [9.17, 15) is 4.79 Å². The number of amides is 1. The Balaban J connectivity index is 1.73. The summed E-state index contributed by atoms with van der Waals surface area (Å²) < 4.78 is 5.68. The molecule has 2 aromatic rings. The SMILES string of the molecule is O=C(CCCCCOc1ccc(-c2ccc(Cl)cc2)cc1)NO. The summed E-state index contributed by atoms with van der Waals surface area (Å²) in [7, 11) is 0. The molecule has 2 rings (SSSR count). The fourth-order valence-corrected chi connectivity index (χ4v) is 2.32. The van der Waals surface area contributed by atoms with Crippen molar-refractivity contribution in [2.45, 2.75) is 25.7 Å². The summed E-state index contributed by atoms with van der Waals surface area (Å²) in [6.07, 6.45) is 2.84. The van der Waals surface area contributed by atoms with Crippen molar-refractivity contribution < 1.29 is 14.7 Å². The molecular weight excluding hydrogens is 314 g/mol. The van der Waals surface area contributed by atoms with Crippen molar-refractivity contribution >= 4 is 17.5 Å². The lowest BCUT2D eigenvalue weighted by Crippen LogP contribution is -2.17. The molecule has 4 nitrogen and oxygen atoms in total. The van der Waals surface area contributed by atoms with Crippen molar-refractivity contribution in [3.8, 4) is 16.9 Å². The summed E-state index contributed by atoms with van der Waals surface area (Å²) >= 11 is 5.89. The topological polar surface area (TPSA) is 58.6 Å². The Morgan fingerprint density at radius 1 is 0.957 bits per heavy atom. The predicted octanol–water partition coefficient (Wildman–Crippen LogP) is 4.45. The molecule has 0 atom stereocenters. The van der Waals surface area contributed by atoms with Gasteiger partial charge in [0.1, 0.15) is 5.75 Å². The molecule has 0 aliphatic carbocycles. The largest absolute Gasteiger partial charge is 0.494 e. The lowest BCUT2D eigenvalue weighted by molar-refractivity contribution is -0.129. The molecule has 0 unspecified atom stereocenters. The number of halogens is 1. The van der Waals surface area contributed by atoms with Crippen LogP contribution < -0.4 is 10.2 Å². The van der Waals surface area contributed by atoms with E-state index in [1.54, 1.807) is 5.48 Å². The van der Waals surface area contributed by atoms with Crippen molar-refractivity contribution in [3.05, 3.63) is 53.6 Å². The van der Waals surface area contributed by atoms with Gasteiger partial charge in [-0.15, -0.1) is 0 Å². The van der Waals surface area contributed by atoms with E-state index in [0.29, 0.717) is 13.0 Å². The lowest BCUT2D eigenvalue weighted by atomic mass is 10.1. The first-order valence-electron chi connectivity index (χ1n) is 7.61. The second-order valence-corrected chi connectivity index (χ2v) is 5.66. The van der Waals surface area contributed by atoms with Gasteiger partial charge in [0.2, 0.25) is 5.91 Å². The predicted molar refractivity (Wildman–Crippen MR) is 90.8 cm³/mol. The molecule has 0 saturated carbocycles. The second kappa shape index (κ2) is 9.18. The molecule has 0 aliphatic rings. The maximum atomic E-state index is 10.8. The molecule has 0 bridgehead atoms. The quantitative estimate of drug-likeness (QED) is 0.426. The Kier molecular flexibility index (Phi) is 6.91. The number of carbonyl (C=O) groups excluding carboxylic acids is 1. The van der Waals surface area contributed by atoms with Gasteiger partial charge in [-0.25, -0.2) is 5.48 Å². The Morgan fingerprint density at radius 2 is 1.57 bits per heavy atom. The number of unbranched alkanes of at least 4 members (excludes halogenated alkanes) is 2. The highest BCUT2D eigenvalue weighted by atomic mass is 35.5. The molecule has 122 valence electrons. The molecule has 0 heterocycles. The lowest BCUT2D eigenvalue weighted by Gasteiger charge is -2.07. The van der Waals surface area contributed by atoms with Gasteiger partial charge in [-0.2, -0.15) is 0 Å². The van der Waals surface area contributed by atoms with Crippen LogP contribution in [0.15, 0.2) is 48.5 Å². The van der Waals surface area contributed by atoms with Crippen molar-refractivity contribution in [3.63, 3.8) is 0 Å². The monoisotopic (exact) mass is 333 g/mol. The van der Waals surface area contributed by atoms with Crippen LogP contribution in [0.1, 0.15) is 25.7 Å². The van der Waals surface area contributed by atoms with Crippen LogP contribution in [0.4, 0.5) is 0 Å². The van der Waals surface area contributed by atoms with Crippen LogP contribution in [0, 0.1) is 0 Å². The third-order valence-corrected chi connectivity index (χ3v) is 3.73. The zero-order chi connectivity index (χ0) is 16.5. The summed E-state index contributed by atoms with van der Waals surface area (Å²) in [6, 6.07) is 15.7. The minimum absolute atomic E-state index is 0.340. The summed E-state index contributed by atoms with van der Waals surface area (Å²) in [6.45, 7) is 0.612. The summed E-state index contributed by atoms with van der Waals surface area (Å²) in [5, 5.41) is 9.10. The number of carbonyl (C=O) groups is 1. The number of benzene rings is 2. The van der Waals surface area contributed by atoms with E-state index in [-0.39, 0.29) is 5.91 Å². The fourth-order valence-electron chi connectivity index (χ4n) is 2.20. The van der Waals surface area contributed by atoms with Gasteiger partial charge in [0.25, 0.3) is 0 Å². The highest BCUT2D eigenvalue weighted by Crippen LogP contribution is 2.24. The van der Waals surface area contributed by atoms with Gasteiger partial charge in [0.05, 0.1) is 6.61 Å². The van der Waals surface area contributed by atoms with Crippen molar-refractivity contribution in [2.24, 2.45) is 0 Å². The number of hydrogen-bond acceptors (Lipinski definition) is 3. The molecule has 0 spiro atoms. The van der Waals surface area contributed by atoms with E-state index in [1.807, 2.05) is 48.5 Å². The van der Waals surface area contributed by atoms with Crippen molar-refractivity contribution in [1.29, 1.82) is 0 Å². The molecule has 0 radical (unpaired) electrons. The molecule has 0 saturated heterocycles. The Labute approximate surface area is 141 Å². The first kappa shape index (κ1) is 17.3. The molecule has 0 aromatic heterocycles. The van der Waals surface area contributed by atoms with Gasteiger partial charge in [0, 0.05) is 11.4 Å². The maximum absolute atomic E-state index is 10.8. The van der Waals surface area contributed by atoms with E-state index in [1.165, 1.54) is 0 Å². The zero-order valence-corrected chi connectivity index (χ0v) is 13.6. The van der Waals surface area contributed by atoms with Crippen LogP contribution in [0.2, 0.25) is 5.02 Å². The molecule has 5 heteroatoms. The smallest absolute Gasteiger partial charge is 0.243 e. The average Bonchev–Trinajstić information content (AvgIpc) is 2.59.